The first-order valence-electron chi connectivity index (χ1n) is 4.48. The number of allylic oxidation sites excluding steroid dienone is 2. The summed E-state index contributed by atoms with van der Waals surface area (Å²) in [5.74, 6) is 0. The van der Waals surface area contributed by atoms with Crippen LogP contribution in [0.15, 0.2) is 48.8 Å². The summed E-state index contributed by atoms with van der Waals surface area (Å²) in [6, 6.07) is 8.51. The Bertz CT molecular complexity index is 443. The molecule has 1 N–H and O–H groups in total. The molecule has 2 heterocycles. The Morgan fingerprint density at radius 2 is 1.86 bits per heavy atom. The van der Waals surface area contributed by atoms with Crippen LogP contribution in [0.3, 0.4) is 0 Å². The topological polar surface area (TPSA) is 4.44 Å². The molecule has 2 heteroatoms. The summed E-state index contributed by atoms with van der Waals surface area (Å²) >= 11 is 0. The second kappa shape index (κ2) is 3.45. The van der Waals surface area contributed by atoms with Gasteiger partial charge in [0, 0.05) is 17.7 Å². The Morgan fingerprint density at radius 1 is 1.00 bits per heavy atom. The molecular weight excluding hydrogens is 194 g/mol. The van der Waals surface area contributed by atoms with Gasteiger partial charge in [-0.1, -0.05) is 18.2 Å². The summed E-state index contributed by atoms with van der Waals surface area (Å²) in [6.07, 6.45) is 10.8. The Labute approximate surface area is 89.5 Å². The fraction of sp³-hybridized carbons (Fsp3) is 0. The first-order valence-corrected chi connectivity index (χ1v) is 4.48. The van der Waals surface area contributed by atoms with E-state index < -0.39 is 0 Å². The lowest BCUT2D eigenvalue weighted by atomic mass is 10.0. The van der Waals surface area contributed by atoms with Gasteiger partial charge in [-0.3, -0.25) is 0 Å². The fourth-order valence-electron chi connectivity index (χ4n) is 1.89. The molecule has 0 aromatic heterocycles. The van der Waals surface area contributed by atoms with E-state index in [9.17, 15) is 0 Å². The number of nitrogens with one attached hydrogen (secondary N) is 1. The van der Waals surface area contributed by atoms with E-state index >= 15 is 0 Å². The van der Waals surface area contributed by atoms with E-state index in [-0.39, 0.29) is 12.4 Å². The van der Waals surface area contributed by atoms with Gasteiger partial charge in [0.25, 0.3) is 0 Å². The molecule has 0 bridgehead atoms. The van der Waals surface area contributed by atoms with Gasteiger partial charge in [-0.25, -0.2) is 4.90 Å². The largest absolute Gasteiger partial charge is 1.00 e. The molecule has 1 aromatic rings. The average molecular weight is 204 g/mol. The van der Waals surface area contributed by atoms with Gasteiger partial charge < -0.3 is 12.4 Å². The molecule has 1 atom stereocenters. The van der Waals surface area contributed by atoms with E-state index in [4.69, 9.17) is 0 Å². The number of halogens is 1. The lowest BCUT2D eigenvalue weighted by Crippen LogP contribution is -3.00. The predicted molar refractivity (Wildman–Crippen MR) is 53.6 cm³/mol. The lowest BCUT2D eigenvalue weighted by Gasteiger charge is -2.16. The summed E-state index contributed by atoms with van der Waals surface area (Å²) in [4.78, 5) is 1.33. The van der Waals surface area contributed by atoms with E-state index in [1.54, 1.807) is 0 Å². The summed E-state index contributed by atoms with van der Waals surface area (Å²) in [6.45, 7) is 0. The number of benzene rings is 1. The molecule has 0 spiro atoms. The van der Waals surface area contributed by atoms with Crippen LogP contribution in [0, 0.1) is 0 Å². The standard InChI is InChI=1S/C12H9N.ClH/c1-2-5-11-10(4-1)7-9-13-8-3-6-12(11)13;/h1-9H;1H. The third-order valence-electron chi connectivity index (χ3n) is 2.54. The van der Waals surface area contributed by atoms with Crippen LogP contribution in [0.1, 0.15) is 11.1 Å². The summed E-state index contributed by atoms with van der Waals surface area (Å²) < 4.78 is 0. The SMILES string of the molecule is C1=C[NH+]2C=Cc3ccccc3C2=C1.[Cl-]. The number of fused-ring (bicyclic) bond motifs is 3. The third kappa shape index (κ3) is 1.22. The number of hydrogen-bond acceptors (Lipinski definition) is 0. The highest BCUT2D eigenvalue weighted by Crippen LogP contribution is 2.20. The molecule has 3 rings (SSSR count). The first-order chi connectivity index (χ1) is 6.45. The molecule has 0 radical (unpaired) electrons. The number of hydrogen-bond donors (Lipinski definition) is 1. The molecule has 0 saturated heterocycles. The van der Waals surface area contributed by atoms with Gasteiger partial charge in [0.05, 0.1) is 0 Å². The van der Waals surface area contributed by atoms with Crippen LogP contribution in [0.4, 0.5) is 0 Å². The molecule has 0 fully saturated rings. The quantitative estimate of drug-likeness (QED) is 0.520. The summed E-state index contributed by atoms with van der Waals surface area (Å²) in [7, 11) is 0. The summed E-state index contributed by atoms with van der Waals surface area (Å²) in [5.41, 5.74) is 4.03. The van der Waals surface area contributed by atoms with Crippen molar-refractivity contribution in [2.45, 2.75) is 0 Å². The van der Waals surface area contributed by atoms with Gasteiger partial charge in [0.2, 0.25) is 0 Å². The third-order valence-corrected chi connectivity index (χ3v) is 2.54. The van der Waals surface area contributed by atoms with Gasteiger partial charge in [0.1, 0.15) is 18.1 Å². The Kier molecular flexibility index (Phi) is 2.28. The Morgan fingerprint density at radius 3 is 2.79 bits per heavy atom. The Hall–Kier alpha value is -1.31. The van der Waals surface area contributed by atoms with Crippen LogP contribution >= 0.6 is 0 Å². The van der Waals surface area contributed by atoms with Gasteiger partial charge in [-0.15, -0.1) is 0 Å². The molecule has 1 nitrogen and oxygen atoms in total. The summed E-state index contributed by atoms with van der Waals surface area (Å²) in [5, 5.41) is 0. The van der Waals surface area contributed by atoms with Crippen molar-refractivity contribution in [1.82, 2.24) is 0 Å². The van der Waals surface area contributed by atoms with E-state index in [0.29, 0.717) is 0 Å². The maximum Gasteiger partial charge on any atom is 0.148 e. The molecule has 1 aromatic carbocycles. The average Bonchev–Trinajstić information content (AvgIpc) is 2.65. The Balaban J connectivity index is 0.000000750. The minimum Gasteiger partial charge on any atom is -1.00 e. The highest BCUT2D eigenvalue weighted by atomic mass is 35.5. The highest BCUT2D eigenvalue weighted by Gasteiger charge is 2.21. The molecule has 0 saturated carbocycles. The van der Waals surface area contributed by atoms with Gasteiger partial charge in [-0.2, -0.15) is 0 Å². The van der Waals surface area contributed by atoms with E-state index in [0.717, 1.165) is 0 Å². The fourth-order valence-corrected chi connectivity index (χ4v) is 1.89. The molecule has 14 heavy (non-hydrogen) atoms. The van der Waals surface area contributed by atoms with Crippen LogP contribution in [0.25, 0.3) is 11.8 Å². The number of quaternary nitrogens is 1. The second-order valence-electron chi connectivity index (χ2n) is 3.32. The van der Waals surface area contributed by atoms with Crippen molar-refractivity contribution in [3.63, 3.8) is 0 Å². The predicted octanol–water partition coefficient (Wildman–Crippen LogP) is -1.57. The first kappa shape index (κ1) is 9.25. The van der Waals surface area contributed by atoms with Crippen molar-refractivity contribution in [2.75, 3.05) is 0 Å². The van der Waals surface area contributed by atoms with Crippen molar-refractivity contribution >= 4 is 11.8 Å². The van der Waals surface area contributed by atoms with Crippen molar-refractivity contribution in [3.8, 4) is 0 Å². The molecular formula is C12H10ClN. The van der Waals surface area contributed by atoms with Crippen LogP contribution in [0.5, 0.6) is 0 Å². The van der Waals surface area contributed by atoms with E-state index in [2.05, 4.69) is 54.9 Å². The smallest absolute Gasteiger partial charge is 0.148 e. The lowest BCUT2D eigenvalue weighted by molar-refractivity contribution is -0.701. The zero-order chi connectivity index (χ0) is 8.67. The van der Waals surface area contributed by atoms with Crippen molar-refractivity contribution < 1.29 is 17.3 Å². The molecule has 0 aliphatic carbocycles. The maximum atomic E-state index is 2.18. The van der Waals surface area contributed by atoms with E-state index in [1.165, 1.54) is 21.7 Å². The minimum atomic E-state index is 0. The maximum absolute atomic E-state index is 2.18. The van der Waals surface area contributed by atoms with Gasteiger partial charge >= 0.3 is 0 Å². The molecule has 2 aliphatic heterocycles. The van der Waals surface area contributed by atoms with Crippen molar-refractivity contribution in [3.05, 3.63) is 59.9 Å². The van der Waals surface area contributed by atoms with Gasteiger partial charge in [-0.05, 0) is 17.7 Å². The number of rotatable bonds is 0. The molecule has 1 unspecified atom stereocenters. The van der Waals surface area contributed by atoms with Crippen molar-refractivity contribution in [2.24, 2.45) is 0 Å². The van der Waals surface area contributed by atoms with Gasteiger partial charge in [0.15, 0.2) is 0 Å². The molecule has 2 aliphatic rings. The monoisotopic (exact) mass is 203 g/mol. The molecule has 70 valence electrons. The zero-order valence-electron chi connectivity index (χ0n) is 7.57. The minimum absolute atomic E-state index is 0. The van der Waals surface area contributed by atoms with Crippen LogP contribution in [-0.2, 0) is 0 Å². The normalized spacial score (nSPS) is 20.9. The van der Waals surface area contributed by atoms with Crippen LogP contribution in [-0.4, -0.2) is 0 Å². The molecule has 0 amide bonds. The van der Waals surface area contributed by atoms with Crippen LogP contribution in [0.2, 0.25) is 0 Å². The highest BCUT2D eigenvalue weighted by molar-refractivity contribution is 5.74. The van der Waals surface area contributed by atoms with Crippen LogP contribution < -0.4 is 17.3 Å². The second-order valence-corrected chi connectivity index (χ2v) is 3.32. The van der Waals surface area contributed by atoms with E-state index in [1.807, 2.05) is 0 Å². The zero-order valence-corrected chi connectivity index (χ0v) is 8.33. The van der Waals surface area contributed by atoms with Crippen molar-refractivity contribution in [1.29, 1.82) is 0 Å².